The van der Waals surface area contributed by atoms with Crippen molar-refractivity contribution in [2.45, 2.75) is 38.8 Å². The van der Waals surface area contributed by atoms with Gasteiger partial charge in [-0.2, -0.15) is 0 Å². The van der Waals surface area contributed by atoms with Gasteiger partial charge >= 0.3 is 0 Å². The first-order chi connectivity index (χ1) is 8.08. The Bertz CT molecular complexity index is 407. The Morgan fingerprint density at radius 1 is 1.35 bits per heavy atom. The van der Waals surface area contributed by atoms with E-state index in [9.17, 15) is 8.78 Å². The van der Waals surface area contributed by atoms with Crippen LogP contribution in [0, 0.1) is 11.6 Å². The SMILES string of the molecule is CC(C)NC1CCCOc2cc(F)cc(F)c21. The molecular formula is C13H17F2NO. The molecule has 4 heteroatoms. The fourth-order valence-electron chi connectivity index (χ4n) is 2.20. The fraction of sp³-hybridized carbons (Fsp3) is 0.538. The van der Waals surface area contributed by atoms with Gasteiger partial charge in [0.25, 0.3) is 0 Å². The number of hydrogen-bond donors (Lipinski definition) is 1. The molecule has 2 nitrogen and oxygen atoms in total. The van der Waals surface area contributed by atoms with Crippen molar-refractivity contribution < 1.29 is 13.5 Å². The van der Waals surface area contributed by atoms with Crippen molar-refractivity contribution in [2.75, 3.05) is 6.61 Å². The zero-order chi connectivity index (χ0) is 12.4. The Morgan fingerprint density at radius 2 is 2.12 bits per heavy atom. The van der Waals surface area contributed by atoms with Crippen LogP contribution in [0.25, 0.3) is 0 Å². The van der Waals surface area contributed by atoms with Gasteiger partial charge in [-0.25, -0.2) is 8.78 Å². The van der Waals surface area contributed by atoms with Crippen molar-refractivity contribution in [3.05, 3.63) is 29.3 Å². The van der Waals surface area contributed by atoms with E-state index in [0.717, 1.165) is 18.9 Å². The van der Waals surface area contributed by atoms with Crippen LogP contribution >= 0.6 is 0 Å². The van der Waals surface area contributed by atoms with Gasteiger partial charge in [0.2, 0.25) is 0 Å². The summed E-state index contributed by atoms with van der Waals surface area (Å²) in [6.07, 6.45) is 1.63. The summed E-state index contributed by atoms with van der Waals surface area (Å²) in [6, 6.07) is 2.32. The van der Waals surface area contributed by atoms with Gasteiger partial charge in [-0.05, 0) is 12.8 Å². The minimum Gasteiger partial charge on any atom is -0.493 e. The minimum absolute atomic E-state index is 0.104. The number of halogens is 2. The van der Waals surface area contributed by atoms with Crippen LogP contribution in [0.4, 0.5) is 8.78 Å². The number of hydrogen-bond acceptors (Lipinski definition) is 2. The quantitative estimate of drug-likeness (QED) is 0.858. The highest BCUT2D eigenvalue weighted by Gasteiger charge is 2.24. The Kier molecular flexibility index (Phi) is 3.62. The van der Waals surface area contributed by atoms with E-state index in [1.54, 1.807) is 0 Å². The topological polar surface area (TPSA) is 21.3 Å². The smallest absolute Gasteiger partial charge is 0.134 e. The Labute approximate surface area is 100.0 Å². The summed E-state index contributed by atoms with van der Waals surface area (Å²) in [5.41, 5.74) is 0.456. The summed E-state index contributed by atoms with van der Waals surface area (Å²) in [5.74, 6) is -0.787. The summed E-state index contributed by atoms with van der Waals surface area (Å²) in [7, 11) is 0. The third-order valence-corrected chi connectivity index (χ3v) is 2.83. The third kappa shape index (κ3) is 2.75. The molecule has 0 amide bonds. The normalized spacial score (nSPS) is 19.7. The van der Waals surface area contributed by atoms with E-state index in [-0.39, 0.29) is 12.1 Å². The van der Waals surface area contributed by atoms with Gasteiger partial charge in [-0.15, -0.1) is 0 Å². The summed E-state index contributed by atoms with van der Waals surface area (Å²) >= 11 is 0. The van der Waals surface area contributed by atoms with Gasteiger partial charge in [-0.1, -0.05) is 13.8 Å². The van der Waals surface area contributed by atoms with Crippen LogP contribution in [0.15, 0.2) is 12.1 Å². The molecule has 94 valence electrons. The van der Waals surface area contributed by atoms with Crippen molar-refractivity contribution in [1.29, 1.82) is 0 Å². The van der Waals surface area contributed by atoms with Crippen LogP contribution in [0.3, 0.4) is 0 Å². The minimum atomic E-state index is -0.591. The van der Waals surface area contributed by atoms with Gasteiger partial charge in [-0.3, -0.25) is 0 Å². The van der Waals surface area contributed by atoms with Crippen LogP contribution in [0.5, 0.6) is 5.75 Å². The average molecular weight is 241 g/mol. The number of nitrogens with one attached hydrogen (secondary N) is 1. The third-order valence-electron chi connectivity index (χ3n) is 2.83. The molecular weight excluding hydrogens is 224 g/mol. The molecule has 1 unspecified atom stereocenters. The Hall–Kier alpha value is -1.16. The van der Waals surface area contributed by atoms with Crippen molar-refractivity contribution in [1.82, 2.24) is 5.32 Å². The van der Waals surface area contributed by atoms with Gasteiger partial charge in [0.15, 0.2) is 0 Å². The lowest BCUT2D eigenvalue weighted by Gasteiger charge is -2.21. The van der Waals surface area contributed by atoms with Crippen molar-refractivity contribution in [3.8, 4) is 5.75 Å². The van der Waals surface area contributed by atoms with E-state index in [0.29, 0.717) is 17.9 Å². The van der Waals surface area contributed by atoms with Gasteiger partial charge in [0.05, 0.1) is 6.61 Å². The molecule has 1 atom stereocenters. The largest absolute Gasteiger partial charge is 0.493 e. The average Bonchev–Trinajstić information content (AvgIpc) is 2.39. The molecule has 0 saturated heterocycles. The number of fused-ring (bicyclic) bond motifs is 1. The van der Waals surface area contributed by atoms with E-state index < -0.39 is 11.6 Å². The zero-order valence-electron chi connectivity index (χ0n) is 10.1. The Balaban J connectivity index is 2.40. The van der Waals surface area contributed by atoms with Crippen LogP contribution in [-0.4, -0.2) is 12.6 Å². The van der Waals surface area contributed by atoms with E-state index >= 15 is 0 Å². The fourth-order valence-corrected chi connectivity index (χ4v) is 2.20. The van der Waals surface area contributed by atoms with Crippen LogP contribution in [0.1, 0.15) is 38.3 Å². The second-order valence-corrected chi connectivity index (χ2v) is 4.66. The molecule has 0 aromatic heterocycles. The van der Waals surface area contributed by atoms with E-state index in [1.165, 1.54) is 6.07 Å². The number of rotatable bonds is 2. The van der Waals surface area contributed by atoms with Crippen LogP contribution in [-0.2, 0) is 0 Å². The molecule has 0 aliphatic carbocycles. The molecule has 1 N–H and O–H groups in total. The standard InChI is InChI=1S/C13H17F2NO/c1-8(2)16-11-4-3-5-17-12-7-9(14)6-10(15)13(11)12/h6-8,11,16H,3-5H2,1-2H3. The van der Waals surface area contributed by atoms with Crippen LogP contribution < -0.4 is 10.1 Å². The molecule has 0 radical (unpaired) electrons. The maximum Gasteiger partial charge on any atom is 0.134 e. The Morgan fingerprint density at radius 3 is 2.82 bits per heavy atom. The molecule has 1 aliphatic heterocycles. The predicted molar refractivity (Wildman–Crippen MR) is 62.1 cm³/mol. The molecule has 0 fully saturated rings. The van der Waals surface area contributed by atoms with Crippen molar-refractivity contribution >= 4 is 0 Å². The van der Waals surface area contributed by atoms with E-state index in [1.807, 2.05) is 13.8 Å². The summed E-state index contributed by atoms with van der Waals surface area (Å²) in [6.45, 7) is 4.52. The zero-order valence-corrected chi connectivity index (χ0v) is 10.1. The summed E-state index contributed by atoms with van der Waals surface area (Å²) in [4.78, 5) is 0. The lowest BCUT2D eigenvalue weighted by Crippen LogP contribution is -2.28. The summed E-state index contributed by atoms with van der Waals surface area (Å²) in [5, 5.41) is 3.30. The molecule has 1 aliphatic rings. The monoisotopic (exact) mass is 241 g/mol. The second-order valence-electron chi connectivity index (χ2n) is 4.66. The first kappa shape index (κ1) is 12.3. The second kappa shape index (κ2) is 5.00. The molecule has 1 aromatic rings. The van der Waals surface area contributed by atoms with Gasteiger partial charge in [0, 0.05) is 29.8 Å². The first-order valence-electron chi connectivity index (χ1n) is 5.95. The molecule has 17 heavy (non-hydrogen) atoms. The number of ether oxygens (including phenoxy) is 1. The molecule has 0 spiro atoms. The highest BCUT2D eigenvalue weighted by Crippen LogP contribution is 2.34. The lowest BCUT2D eigenvalue weighted by atomic mass is 10.0. The highest BCUT2D eigenvalue weighted by atomic mass is 19.1. The molecule has 1 aromatic carbocycles. The van der Waals surface area contributed by atoms with E-state index in [2.05, 4.69) is 5.32 Å². The maximum absolute atomic E-state index is 13.9. The predicted octanol–water partition coefficient (Wildman–Crippen LogP) is 3.18. The van der Waals surface area contributed by atoms with E-state index in [4.69, 9.17) is 4.74 Å². The summed E-state index contributed by atoms with van der Waals surface area (Å²) < 4.78 is 32.4. The highest BCUT2D eigenvalue weighted by molar-refractivity contribution is 5.38. The lowest BCUT2D eigenvalue weighted by molar-refractivity contribution is 0.312. The number of benzene rings is 1. The maximum atomic E-state index is 13.9. The van der Waals surface area contributed by atoms with Crippen LogP contribution in [0.2, 0.25) is 0 Å². The van der Waals surface area contributed by atoms with Crippen molar-refractivity contribution in [3.63, 3.8) is 0 Å². The molecule has 0 saturated carbocycles. The van der Waals surface area contributed by atoms with Crippen molar-refractivity contribution in [2.24, 2.45) is 0 Å². The molecule has 0 bridgehead atoms. The van der Waals surface area contributed by atoms with Gasteiger partial charge in [0.1, 0.15) is 17.4 Å². The first-order valence-corrected chi connectivity index (χ1v) is 5.95. The molecule has 2 rings (SSSR count). The molecule has 1 heterocycles. The van der Waals surface area contributed by atoms with Gasteiger partial charge < -0.3 is 10.1 Å².